The average molecular weight is 329 g/mol. The third-order valence-electron chi connectivity index (χ3n) is 4.00. The second-order valence-corrected chi connectivity index (χ2v) is 8.75. The van der Waals surface area contributed by atoms with Gasteiger partial charge in [-0.1, -0.05) is 0 Å². The van der Waals surface area contributed by atoms with Crippen molar-refractivity contribution in [1.29, 1.82) is 0 Å². The standard InChI is InChI=1S/C13H15NO5S2/c1-7-5-11(8(2)20-7)21(17,18)14-4-3-9-10(6-14)13(16)19-12(9)15/h5,9-10H,3-4,6H2,1-2H3. The highest BCUT2D eigenvalue weighted by molar-refractivity contribution is 7.89. The van der Waals surface area contributed by atoms with Gasteiger partial charge in [-0.05, 0) is 26.3 Å². The topological polar surface area (TPSA) is 80.8 Å². The molecule has 2 unspecified atom stereocenters. The lowest BCUT2D eigenvalue weighted by Gasteiger charge is -2.30. The molecule has 1 aromatic rings. The summed E-state index contributed by atoms with van der Waals surface area (Å²) in [5.74, 6) is -2.29. The van der Waals surface area contributed by atoms with Gasteiger partial charge in [-0.15, -0.1) is 11.3 Å². The molecule has 0 spiro atoms. The molecule has 1 aromatic heterocycles. The van der Waals surface area contributed by atoms with Crippen LogP contribution >= 0.6 is 11.3 Å². The molecule has 2 fully saturated rings. The lowest BCUT2D eigenvalue weighted by Crippen LogP contribution is -2.44. The van der Waals surface area contributed by atoms with Gasteiger partial charge in [-0.3, -0.25) is 9.59 Å². The lowest BCUT2D eigenvalue weighted by molar-refractivity contribution is -0.153. The summed E-state index contributed by atoms with van der Waals surface area (Å²) in [5.41, 5.74) is 0. The molecule has 2 aliphatic rings. The van der Waals surface area contributed by atoms with Crippen molar-refractivity contribution < 1.29 is 22.7 Å². The van der Waals surface area contributed by atoms with E-state index in [1.54, 1.807) is 13.0 Å². The van der Waals surface area contributed by atoms with E-state index < -0.39 is 33.8 Å². The number of rotatable bonds is 2. The zero-order valence-corrected chi connectivity index (χ0v) is 13.3. The van der Waals surface area contributed by atoms with Crippen molar-refractivity contribution in [2.24, 2.45) is 11.8 Å². The molecule has 0 aromatic carbocycles. The van der Waals surface area contributed by atoms with Crippen LogP contribution < -0.4 is 0 Å². The first-order valence-corrected chi connectivity index (χ1v) is 8.89. The minimum absolute atomic E-state index is 0.0197. The number of hydrogen-bond donors (Lipinski definition) is 0. The minimum Gasteiger partial charge on any atom is -0.393 e. The first-order chi connectivity index (χ1) is 9.80. The Morgan fingerprint density at radius 1 is 1.24 bits per heavy atom. The van der Waals surface area contributed by atoms with Gasteiger partial charge in [-0.2, -0.15) is 4.31 Å². The Morgan fingerprint density at radius 3 is 2.52 bits per heavy atom. The first-order valence-electron chi connectivity index (χ1n) is 6.63. The van der Waals surface area contributed by atoms with Crippen LogP contribution in [0.25, 0.3) is 0 Å². The van der Waals surface area contributed by atoms with Crippen molar-refractivity contribution in [1.82, 2.24) is 4.31 Å². The molecule has 21 heavy (non-hydrogen) atoms. The van der Waals surface area contributed by atoms with Crippen molar-refractivity contribution in [3.8, 4) is 0 Å². The molecule has 0 aliphatic carbocycles. The van der Waals surface area contributed by atoms with Gasteiger partial charge in [0.05, 0.1) is 16.7 Å². The van der Waals surface area contributed by atoms with Gasteiger partial charge < -0.3 is 4.74 Å². The monoisotopic (exact) mass is 329 g/mol. The fourth-order valence-corrected chi connectivity index (χ4v) is 5.92. The zero-order chi connectivity index (χ0) is 15.4. The summed E-state index contributed by atoms with van der Waals surface area (Å²) in [7, 11) is -3.63. The number of nitrogens with zero attached hydrogens (tertiary/aromatic N) is 1. The Bertz CT molecular complexity index is 721. The quantitative estimate of drug-likeness (QED) is 0.599. The fraction of sp³-hybridized carbons (Fsp3) is 0.538. The Hall–Kier alpha value is -1.25. The summed E-state index contributed by atoms with van der Waals surface area (Å²) in [6, 6.07) is 1.65. The normalized spacial score (nSPS) is 26.8. The maximum atomic E-state index is 12.7. The zero-order valence-electron chi connectivity index (χ0n) is 11.7. The summed E-state index contributed by atoms with van der Waals surface area (Å²) in [5, 5.41) is 0. The molecule has 2 saturated heterocycles. The maximum Gasteiger partial charge on any atom is 0.318 e. The second kappa shape index (κ2) is 4.89. The molecule has 114 valence electrons. The van der Waals surface area contributed by atoms with Crippen LogP contribution in [-0.2, 0) is 24.3 Å². The summed E-state index contributed by atoms with van der Waals surface area (Å²) in [6.45, 7) is 3.88. The molecule has 2 atom stereocenters. The molecule has 8 heteroatoms. The number of esters is 2. The minimum atomic E-state index is -3.63. The number of fused-ring (bicyclic) bond motifs is 1. The number of sulfonamides is 1. The number of ether oxygens (including phenoxy) is 1. The van der Waals surface area contributed by atoms with Gasteiger partial charge >= 0.3 is 11.9 Å². The summed E-state index contributed by atoms with van der Waals surface area (Å²) in [4.78, 5) is 25.1. The maximum absolute atomic E-state index is 12.7. The molecular formula is C13H15NO5S2. The van der Waals surface area contributed by atoms with Crippen molar-refractivity contribution >= 4 is 33.3 Å². The van der Waals surface area contributed by atoms with E-state index in [0.717, 1.165) is 9.75 Å². The van der Waals surface area contributed by atoms with Gasteiger partial charge in [0.25, 0.3) is 0 Å². The molecular weight excluding hydrogens is 314 g/mol. The number of aryl methyl sites for hydroxylation is 2. The van der Waals surface area contributed by atoms with Crippen LogP contribution in [0.2, 0.25) is 0 Å². The number of thiophene rings is 1. The molecule has 6 nitrogen and oxygen atoms in total. The summed E-state index contributed by atoms with van der Waals surface area (Å²) in [6.07, 6.45) is 0.330. The van der Waals surface area contributed by atoms with Gasteiger partial charge in [-0.25, -0.2) is 8.42 Å². The van der Waals surface area contributed by atoms with Crippen LogP contribution in [-0.4, -0.2) is 37.8 Å². The third kappa shape index (κ3) is 2.31. The fourth-order valence-electron chi connectivity index (χ4n) is 2.91. The van der Waals surface area contributed by atoms with Crippen LogP contribution in [0.3, 0.4) is 0 Å². The van der Waals surface area contributed by atoms with E-state index in [-0.39, 0.29) is 13.1 Å². The van der Waals surface area contributed by atoms with Gasteiger partial charge in [0.15, 0.2) is 0 Å². The van der Waals surface area contributed by atoms with E-state index in [1.807, 2.05) is 6.92 Å². The molecule has 0 N–H and O–H groups in total. The molecule has 3 rings (SSSR count). The number of carbonyl (C=O) groups is 2. The van der Waals surface area contributed by atoms with Crippen molar-refractivity contribution in [2.45, 2.75) is 25.2 Å². The summed E-state index contributed by atoms with van der Waals surface area (Å²) < 4.78 is 31.3. The first kappa shape index (κ1) is 14.7. The largest absolute Gasteiger partial charge is 0.393 e. The number of carbonyl (C=O) groups excluding carboxylic acids is 2. The Morgan fingerprint density at radius 2 is 1.90 bits per heavy atom. The lowest BCUT2D eigenvalue weighted by atomic mass is 9.89. The van der Waals surface area contributed by atoms with Crippen LogP contribution in [0.15, 0.2) is 11.0 Å². The molecule has 0 bridgehead atoms. The average Bonchev–Trinajstić information content (AvgIpc) is 2.90. The van der Waals surface area contributed by atoms with E-state index >= 15 is 0 Å². The molecule has 3 heterocycles. The number of piperidine rings is 1. The number of hydrogen-bond acceptors (Lipinski definition) is 6. The van der Waals surface area contributed by atoms with Gasteiger partial charge in [0.2, 0.25) is 10.0 Å². The molecule has 2 aliphatic heterocycles. The van der Waals surface area contributed by atoms with Gasteiger partial charge in [0.1, 0.15) is 0 Å². The predicted molar refractivity (Wildman–Crippen MR) is 75.2 cm³/mol. The van der Waals surface area contributed by atoms with E-state index in [9.17, 15) is 18.0 Å². The third-order valence-corrected chi connectivity index (χ3v) is 7.08. The van der Waals surface area contributed by atoms with Crippen LogP contribution in [0, 0.1) is 25.7 Å². The van der Waals surface area contributed by atoms with E-state index in [0.29, 0.717) is 11.3 Å². The van der Waals surface area contributed by atoms with Crippen LogP contribution in [0.4, 0.5) is 0 Å². The summed E-state index contributed by atoms with van der Waals surface area (Å²) >= 11 is 1.43. The van der Waals surface area contributed by atoms with Crippen LogP contribution in [0.5, 0.6) is 0 Å². The highest BCUT2D eigenvalue weighted by Crippen LogP contribution is 2.35. The smallest absolute Gasteiger partial charge is 0.318 e. The van der Waals surface area contributed by atoms with E-state index in [2.05, 4.69) is 4.74 Å². The van der Waals surface area contributed by atoms with E-state index in [4.69, 9.17) is 0 Å². The van der Waals surface area contributed by atoms with Crippen molar-refractivity contribution in [3.63, 3.8) is 0 Å². The van der Waals surface area contributed by atoms with Crippen molar-refractivity contribution in [3.05, 3.63) is 15.8 Å². The van der Waals surface area contributed by atoms with Gasteiger partial charge in [0, 0.05) is 22.8 Å². The Balaban J connectivity index is 1.90. The van der Waals surface area contributed by atoms with Crippen LogP contribution in [0.1, 0.15) is 16.2 Å². The van der Waals surface area contributed by atoms with E-state index in [1.165, 1.54) is 15.6 Å². The second-order valence-electron chi connectivity index (χ2n) is 5.38. The van der Waals surface area contributed by atoms with Crippen molar-refractivity contribution in [2.75, 3.05) is 13.1 Å². The molecule has 0 saturated carbocycles. The molecule has 0 amide bonds. The Labute approximate surface area is 126 Å². The highest BCUT2D eigenvalue weighted by atomic mass is 32.2. The Kier molecular flexibility index (Phi) is 3.42. The molecule has 0 radical (unpaired) electrons. The predicted octanol–water partition coefficient (Wildman–Crippen LogP) is 1.08. The SMILES string of the molecule is Cc1cc(S(=O)(=O)N2CCC3C(=O)OC(=O)C3C2)c(C)s1. The number of cyclic esters (lactones) is 2. The highest BCUT2D eigenvalue weighted by Gasteiger charge is 2.49.